The minimum atomic E-state index is -1.18. The molecule has 1 heterocycles. The van der Waals surface area contributed by atoms with Gasteiger partial charge in [-0.1, -0.05) is 0 Å². The molecule has 108 valence electrons. The van der Waals surface area contributed by atoms with Gasteiger partial charge in [0.05, 0.1) is 12.7 Å². The molecule has 0 spiro atoms. The first-order valence-electron chi connectivity index (χ1n) is 6.01. The third-order valence-corrected chi connectivity index (χ3v) is 2.81. The fourth-order valence-electron chi connectivity index (χ4n) is 1.87. The second-order valence-corrected chi connectivity index (χ2v) is 4.32. The van der Waals surface area contributed by atoms with Crippen LogP contribution in [0.1, 0.15) is 20.3 Å². The van der Waals surface area contributed by atoms with E-state index in [2.05, 4.69) is 5.32 Å². The van der Waals surface area contributed by atoms with Crippen LogP contribution < -0.4 is 5.32 Å². The molecule has 0 bridgehead atoms. The van der Waals surface area contributed by atoms with Crippen LogP contribution in [0.5, 0.6) is 0 Å². The number of urea groups is 1. The lowest BCUT2D eigenvalue weighted by molar-refractivity contribution is -0.144. The molecule has 8 heteroatoms. The molecular formula is C11H18N2O6. The van der Waals surface area contributed by atoms with Crippen LogP contribution >= 0.6 is 0 Å². The number of β-amino-alcohol motifs (C(OH)–C–C–N with tert-alkyl or cyclic N) is 1. The molecule has 8 nitrogen and oxygen atoms in total. The molecule has 2 unspecified atom stereocenters. The van der Waals surface area contributed by atoms with Crippen molar-refractivity contribution in [3.63, 3.8) is 0 Å². The Bertz CT molecular complexity index is 372. The molecule has 0 aromatic heterocycles. The van der Waals surface area contributed by atoms with E-state index < -0.39 is 36.2 Å². The van der Waals surface area contributed by atoms with E-state index in [1.807, 2.05) is 0 Å². The van der Waals surface area contributed by atoms with E-state index in [0.29, 0.717) is 0 Å². The maximum absolute atomic E-state index is 11.9. The van der Waals surface area contributed by atoms with Crippen LogP contribution in [-0.4, -0.2) is 64.4 Å². The van der Waals surface area contributed by atoms with E-state index in [1.54, 1.807) is 6.92 Å². The number of hydrogen-bond acceptors (Lipinski definition) is 5. The molecule has 1 aliphatic rings. The van der Waals surface area contributed by atoms with E-state index in [9.17, 15) is 19.5 Å². The lowest BCUT2D eigenvalue weighted by Crippen LogP contribution is -2.50. The van der Waals surface area contributed by atoms with Crippen molar-refractivity contribution in [1.82, 2.24) is 10.2 Å². The highest BCUT2D eigenvalue weighted by molar-refractivity contribution is 5.87. The summed E-state index contributed by atoms with van der Waals surface area (Å²) in [5, 5.41) is 20.7. The van der Waals surface area contributed by atoms with Crippen molar-refractivity contribution in [3.8, 4) is 0 Å². The van der Waals surface area contributed by atoms with Crippen molar-refractivity contribution >= 4 is 18.0 Å². The van der Waals surface area contributed by atoms with Gasteiger partial charge in [-0.25, -0.2) is 14.4 Å². The number of aliphatic hydroxyl groups is 1. The SMILES string of the molecule is CCOC(=O)C(C)NC(=O)N1CC(O)C[C@@H]1C(=O)O. The number of esters is 1. The van der Waals surface area contributed by atoms with Crippen LogP contribution in [-0.2, 0) is 14.3 Å². The summed E-state index contributed by atoms with van der Waals surface area (Å²) in [5.74, 6) is -1.78. The largest absolute Gasteiger partial charge is 0.480 e. The van der Waals surface area contributed by atoms with Crippen molar-refractivity contribution in [2.75, 3.05) is 13.2 Å². The van der Waals surface area contributed by atoms with Crippen LogP contribution in [0, 0.1) is 0 Å². The van der Waals surface area contributed by atoms with E-state index in [-0.39, 0.29) is 19.6 Å². The first-order chi connectivity index (χ1) is 8.86. The second-order valence-electron chi connectivity index (χ2n) is 4.32. The van der Waals surface area contributed by atoms with E-state index in [4.69, 9.17) is 9.84 Å². The Kier molecular flexibility index (Phi) is 5.11. The quantitative estimate of drug-likeness (QED) is 0.576. The predicted molar refractivity (Wildman–Crippen MR) is 63.4 cm³/mol. The molecule has 1 fully saturated rings. The van der Waals surface area contributed by atoms with E-state index in [0.717, 1.165) is 4.90 Å². The third kappa shape index (κ3) is 3.82. The Labute approximate surface area is 110 Å². The molecule has 0 aromatic rings. The number of hydrogen-bond donors (Lipinski definition) is 3. The van der Waals surface area contributed by atoms with Gasteiger partial charge in [0.2, 0.25) is 0 Å². The second kappa shape index (κ2) is 6.37. The molecule has 1 saturated heterocycles. The maximum atomic E-state index is 11.9. The number of carbonyl (C=O) groups excluding carboxylic acids is 2. The van der Waals surface area contributed by atoms with Gasteiger partial charge >= 0.3 is 18.0 Å². The molecule has 0 aliphatic carbocycles. The molecular weight excluding hydrogens is 256 g/mol. The average molecular weight is 274 g/mol. The number of ether oxygens (including phenoxy) is 1. The van der Waals surface area contributed by atoms with Crippen LogP contribution in [0.25, 0.3) is 0 Å². The first kappa shape index (κ1) is 15.2. The summed E-state index contributed by atoms with van der Waals surface area (Å²) < 4.78 is 4.72. The molecule has 0 saturated carbocycles. The van der Waals surface area contributed by atoms with Gasteiger partial charge in [0.15, 0.2) is 0 Å². The Morgan fingerprint density at radius 1 is 1.47 bits per heavy atom. The molecule has 2 amide bonds. The number of aliphatic hydroxyl groups excluding tert-OH is 1. The average Bonchev–Trinajstić information content (AvgIpc) is 2.71. The minimum Gasteiger partial charge on any atom is -0.480 e. The van der Waals surface area contributed by atoms with Crippen molar-refractivity contribution in [2.45, 2.75) is 38.5 Å². The summed E-state index contributed by atoms with van der Waals surface area (Å²) in [6.45, 7) is 3.21. The standard InChI is InChI=1S/C11H18N2O6/c1-3-19-10(17)6(2)12-11(18)13-5-7(14)4-8(13)9(15)16/h6-8,14H,3-5H2,1-2H3,(H,12,18)(H,15,16)/t6?,7?,8-/m1/s1. The summed E-state index contributed by atoms with van der Waals surface area (Å²) in [7, 11) is 0. The highest BCUT2D eigenvalue weighted by Crippen LogP contribution is 2.18. The number of nitrogens with zero attached hydrogens (tertiary/aromatic N) is 1. The van der Waals surface area contributed by atoms with Crippen molar-refractivity contribution < 1.29 is 29.3 Å². The van der Waals surface area contributed by atoms with Gasteiger partial charge in [-0.05, 0) is 13.8 Å². The Morgan fingerprint density at radius 2 is 2.11 bits per heavy atom. The fraction of sp³-hybridized carbons (Fsp3) is 0.727. The van der Waals surface area contributed by atoms with Crippen LogP contribution in [0.15, 0.2) is 0 Å². The predicted octanol–water partition coefficient (Wildman–Crippen LogP) is -0.833. The number of likely N-dealkylation sites (tertiary alicyclic amines) is 1. The van der Waals surface area contributed by atoms with Gasteiger partial charge in [-0.3, -0.25) is 0 Å². The molecule has 0 radical (unpaired) electrons. The van der Waals surface area contributed by atoms with Crippen molar-refractivity contribution in [3.05, 3.63) is 0 Å². The Morgan fingerprint density at radius 3 is 2.63 bits per heavy atom. The van der Waals surface area contributed by atoms with Crippen molar-refractivity contribution in [1.29, 1.82) is 0 Å². The Hall–Kier alpha value is -1.83. The summed E-state index contributed by atoms with van der Waals surface area (Å²) in [5.41, 5.74) is 0. The number of amides is 2. The monoisotopic (exact) mass is 274 g/mol. The molecule has 1 aliphatic heterocycles. The van der Waals surface area contributed by atoms with Crippen LogP contribution in [0.3, 0.4) is 0 Å². The molecule has 3 atom stereocenters. The van der Waals surface area contributed by atoms with Gasteiger partial charge in [0.25, 0.3) is 0 Å². The van der Waals surface area contributed by atoms with Gasteiger partial charge in [-0.15, -0.1) is 0 Å². The normalized spacial score (nSPS) is 23.8. The third-order valence-electron chi connectivity index (χ3n) is 2.81. The molecule has 0 aromatic carbocycles. The number of nitrogens with one attached hydrogen (secondary N) is 1. The highest BCUT2D eigenvalue weighted by Gasteiger charge is 2.39. The van der Waals surface area contributed by atoms with Gasteiger partial charge in [0, 0.05) is 13.0 Å². The van der Waals surface area contributed by atoms with E-state index in [1.165, 1.54) is 6.92 Å². The van der Waals surface area contributed by atoms with E-state index >= 15 is 0 Å². The number of carboxylic acids is 1. The highest BCUT2D eigenvalue weighted by atomic mass is 16.5. The molecule has 3 N–H and O–H groups in total. The number of carbonyl (C=O) groups is 3. The number of carboxylic acid groups (broad SMARTS) is 1. The van der Waals surface area contributed by atoms with Gasteiger partial charge in [0.1, 0.15) is 12.1 Å². The summed E-state index contributed by atoms with van der Waals surface area (Å²) in [4.78, 5) is 35.2. The first-order valence-corrected chi connectivity index (χ1v) is 6.01. The zero-order chi connectivity index (χ0) is 14.6. The van der Waals surface area contributed by atoms with Gasteiger partial charge < -0.3 is 25.2 Å². The zero-order valence-corrected chi connectivity index (χ0v) is 10.8. The molecule has 19 heavy (non-hydrogen) atoms. The summed E-state index contributed by atoms with van der Waals surface area (Å²) >= 11 is 0. The maximum Gasteiger partial charge on any atom is 0.328 e. The lowest BCUT2D eigenvalue weighted by Gasteiger charge is -2.23. The van der Waals surface area contributed by atoms with Crippen molar-refractivity contribution in [2.24, 2.45) is 0 Å². The number of aliphatic carboxylic acids is 1. The summed E-state index contributed by atoms with van der Waals surface area (Å²) in [6, 6.07) is -2.66. The summed E-state index contributed by atoms with van der Waals surface area (Å²) in [6.07, 6.45) is -0.888. The van der Waals surface area contributed by atoms with Crippen LogP contribution in [0.4, 0.5) is 4.79 Å². The minimum absolute atomic E-state index is 0.0173. The van der Waals surface area contributed by atoms with Crippen LogP contribution in [0.2, 0.25) is 0 Å². The lowest BCUT2D eigenvalue weighted by atomic mass is 10.2. The zero-order valence-electron chi connectivity index (χ0n) is 10.8. The topological polar surface area (TPSA) is 116 Å². The fourth-order valence-corrected chi connectivity index (χ4v) is 1.87. The smallest absolute Gasteiger partial charge is 0.328 e. The molecule has 1 rings (SSSR count). The number of rotatable bonds is 4. The Balaban J connectivity index is 2.62. The van der Waals surface area contributed by atoms with Gasteiger partial charge in [-0.2, -0.15) is 0 Å².